The minimum Gasteiger partial charge on any atom is -0.491 e. The Labute approximate surface area is 381 Å². The van der Waals surface area contributed by atoms with E-state index in [0.29, 0.717) is 52.9 Å². The van der Waals surface area contributed by atoms with E-state index < -0.39 is 0 Å². The van der Waals surface area contributed by atoms with E-state index in [0.717, 1.165) is 48.8 Å². The van der Waals surface area contributed by atoms with Crippen molar-refractivity contribution in [3.63, 3.8) is 0 Å². The molecule has 0 unspecified atom stereocenters. The number of para-hydroxylation sites is 2. The van der Waals surface area contributed by atoms with Gasteiger partial charge in [-0.05, 0) is 118 Å². The molecule has 0 radical (unpaired) electrons. The molecule has 2 heterocycles. The monoisotopic (exact) mass is 867 g/mol. The maximum absolute atomic E-state index is 6.13. The predicted octanol–water partition coefficient (Wildman–Crippen LogP) is 11.2. The highest BCUT2D eigenvalue weighted by Gasteiger charge is 2.44. The second kappa shape index (κ2) is 21.5. The molecule has 0 bridgehead atoms. The predicted molar refractivity (Wildman–Crippen MR) is 260 cm³/mol. The van der Waals surface area contributed by atoms with Crippen LogP contribution in [0.5, 0.6) is 11.5 Å². The normalized spacial score (nSPS) is 17.6. The van der Waals surface area contributed by atoms with Gasteiger partial charge in [0.25, 0.3) is 0 Å². The summed E-state index contributed by atoms with van der Waals surface area (Å²) < 4.78 is 36.3. The number of allylic oxidation sites excluding steroid dienone is 7. The van der Waals surface area contributed by atoms with E-state index in [1.807, 2.05) is 0 Å². The van der Waals surface area contributed by atoms with E-state index in [1.54, 1.807) is 14.2 Å². The van der Waals surface area contributed by atoms with Crippen LogP contribution >= 0.6 is 0 Å². The number of benzene rings is 4. The second-order valence-corrected chi connectivity index (χ2v) is 17.3. The van der Waals surface area contributed by atoms with Crippen LogP contribution in [0, 0.1) is 0 Å². The van der Waals surface area contributed by atoms with Gasteiger partial charge in [-0.25, -0.2) is 0 Å². The highest BCUT2D eigenvalue weighted by atomic mass is 16.5. The lowest BCUT2D eigenvalue weighted by atomic mass is 9.81. The standard InChI is InChI=1S/C55H68N3O6/c1-9-56-49-17-13-11-15-47(49)54(3,4)51(56)31-21-41-19-20-42(22-32-52-55(5,6)48-16-12-14-18-50(48)57(52)10-2)53(41)58(43-23-27-45(28-24-43)63-39-37-61-35-33-59-7)44-25-29-46(30-26-44)64-40-38-62-36-34-60-8/h11-18,21-32H,9-10,19-20,33-40H2,1-8H3/q+1. The number of fused-ring (bicyclic) bond motifs is 2. The molecule has 4 aromatic carbocycles. The van der Waals surface area contributed by atoms with Gasteiger partial charge in [0.15, 0.2) is 5.71 Å². The summed E-state index contributed by atoms with van der Waals surface area (Å²) in [5.74, 6) is 1.58. The fourth-order valence-electron chi connectivity index (χ4n) is 9.36. The number of ether oxygens (including phenoxy) is 6. The van der Waals surface area contributed by atoms with Crippen LogP contribution in [0.2, 0.25) is 0 Å². The molecule has 64 heavy (non-hydrogen) atoms. The van der Waals surface area contributed by atoms with Gasteiger partial charge in [0.05, 0.1) is 50.8 Å². The van der Waals surface area contributed by atoms with Crippen molar-refractivity contribution < 1.29 is 33.0 Å². The van der Waals surface area contributed by atoms with Crippen molar-refractivity contribution in [2.75, 3.05) is 90.0 Å². The molecule has 338 valence electrons. The van der Waals surface area contributed by atoms with Crippen LogP contribution in [0.1, 0.15) is 65.5 Å². The Morgan fingerprint density at radius 3 is 1.75 bits per heavy atom. The van der Waals surface area contributed by atoms with Crippen LogP contribution in [-0.2, 0) is 29.8 Å². The quantitative estimate of drug-likeness (QED) is 0.0572. The average molecular weight is 867 g/mol. The van der Waals surface area contributed by atoms with Crippen molar-refractivity contribution in [1.29, 1.82) is 0 Å². The van der Waals surface area contributed by atoms with E-state index in [1.165, 1.54) is 50.8 Å². The van der Waals surface area contributed by atoms with Crippen molar-refractivity contribution in [3.8, 4) is 11.5 Å². The van der Waals surface area contributed by atoms with Crippen LogP contribution in [0.15, 0.2) is 144 Å². The van der Waals surface area contributed by atoms with Gasteiger partial charge >= 0.3 is 0 Å². The Hall–Kier alpha value is -5.45. The van der Waals surface area contributed by atoms with Crippen molar-refractivity contribution in [1.82, 2.24) is 0 Å². The smallest absolute Gasteiger partial charge is 0.209 e. The van der Waals surface area contributed by atoms with E-state index >= 15 is 0 Å². The SMILES string of the molecule is CCN1C(=CC=C2CCC(C=CC3=[N+](CC)c4ccccc4C3(C)C)=C2N(c2ccc(OCCOCCOC)cc2)c2ccc(OCCOCCOC)cc2)C(C)(C)c2ccccc21. The Balaban J connectivity index is 1.32. The topological polar surface area (TPSA) is 64.9 Å². The maximum atomic E-state index is 6.13. The van der Waals surface area contributed by atoms with Crippen LogP contribution in [0.3, 0.4) is 0 Å². The maximum Gasteiger partial charge on any atom is 0.209 e. The number of anilines is 3. The lowest BCUT2D eigenvalue weighted by Gasteiger charge is -2.29. The number of rotatable bonds is 22. The molecule has 0 N–H and O–H groups in total. The minimum atomic E-state index is -0.146. The molecule has 0 atom stereocenters. The van der Waals surface area contributed by atoms with E-state index in [2.05, 4.69) is 177 Å². The molecule has 0 saturated carbocycles. The van der Waals surface area contributed by atoms with Gasteiger partial charge in [0.2, 0.25) is 5.69 Å². The average Bonchev–Trinajstić information content (AvgIpc) is 3.88. The fraction of sp³-hybridized carbons (Fsp3) is 0.400. The summed E-state index contributed by atoms with van der Waals surface area (Å²) in [7, 11) is 3.35. The van der Waals surface area contributed by atoms with Crippen LogP contribution in [0.25, 0.3) is 0 Å². The molecule has 9 heteroatoms. The molecular weight excluding hydrogens is 799 g/mol. The third-order valence-corrected chi connectivity index (χ3v) is 12.7. The Kier molecular flexibility index (Phi) is 15.6. The minimum absolute atomic E-state index is 0.146. The summed E-state index contributed by atoms with van der Waals surface area (Å²) in [6, 6.07) is 34.5. The highest BCUT2D eigenvalue weighted by Crippen LogP contribution is 2.49. The fourth-order valence-corrected chi connectivity index (χ4v) is 9.36. The van der Waals surface area contributed by atoms with Gasteiger partial charge in [-0.1, -0.05) is 62.4 Å². The van der Waals surface area contributed by atoms with Crippen molar-refractivity contribution in [2.24, 2.45) is 0 Å². The molecule has 0 saturated heterocycles. The van der Waals surface area contributed by atoms with Crippen LogP contribution < -0.4 is 19.3 Å². The lowest BCUT2D eigenvalue weighted by molar-refractivity contribution is -0.433. The van der Waals surface area contributed by atoms with Crippen molar-refractivity contribution in [3.05, 3.63) is 155 Å². The van der Waals surface area contributed by atoms with Crippen LogP contribution in [-0.4, -0.2) is 90.5 Å². The third-order valence-electron chi connectivity index (χ3n) is 12.7. The van der Waals surface area contributed by atoms with Gasteiger partial charge in [-0.15, -0.1) is 0 Å². The van der Waals surface area contributed by atoms with Gasteiger partial charge in [0, 0.05) is 66.6 Å². The number of hydrogen-bond acceptors (Lipinski definition) is 8. The van der Waals surface area contributed by atoms with E-state index in [9.17, 15) is 0 Å². The van der Waals surface area contributed by atoms with Crippen molar-refractivity contribution >= 4 is 28.5 Å². The molecule has 0 fully saturated rings. The molecule has 0 spiro atoms. The number of hydrogen-bond donors (Lipinski definition) is 0. The number of methoxy groups -OCH3 is 2. The number of nitrogens with zero attached hydrogens (tertiary/aromatic N) is 3. The molecule has 0 aromatic heterocycles. The Morgan fingerprint density at radius 2 is 1.17 bits per heavy atom. The van der Waals surface area contributed by atoms with Gasteiger partial charge in [0.1, 0.15) is 31.3 Å². The zero-order chi connectivity index (χ0) is 45.1. The van der Waals surface area contributed by atoms with Gasteiger partial charge in [-0.2, -0.15) is 4.58 Å². The molecule has 3 aliphatic rings. The molecule has 7 rings (SSSR count). The Bertz CT molecular complexity index is 2300. The largest absolute Gasteiger partial charge is 0.491 e. The summed E-state index contributed by atoms with van der Waals surface area (Å²) in [5, 5.41) is 0. The molecule has 1 aliphatic carbocycles. The summed E-state index contributed by atoms with van der Waals surface area (Å²) in [5.41, 5.74) is 13.4. The third kappa shape index (κ3) is 10.1. The first kappa shape index (κ1) is 46.5. The zero-order valence-corrected chi connectivity index (χ0v) is 39.3. The summed E-state index contributed by atoms with van der Waals surface area (Å²) >= 11 is 0. The summed E-state index contributed by atoms with van der Waals surface area (Å²) in [6.07, 6.45) is 11.3. The molecule has 0 amide bonds. The summed E-state index contributed by atoms with van der Waals surface area (Å²) in [4.78, 5) is 4.89. The zero-order valence-electron chi connectivity index (χ0n) is 39.3. The van der Waals surface area contributed by atoms with Gasteiger partial charge in [-0.3, -0.25) is 0 Å². The second-order valence-electron chi connectivity index (χ2n) is 17.3. The van der Waals surface area contributed by atoms with Crippen LogP contribution in [0.4, 0.5) is 22.7 Å². The molecule has 4 aromatic rings. The Morgan fingerprint density at radius 1 is 0.609 bits per heavy atom. The van der Waals surface area contributed by atoms with E-state index in [4.69, 9.17) is 28.4 Å². The first-order chi connectivity index (χ1) is 31.1. The highest BCUT2D eigenvalue weighted by molar-refractivity contribution is 6.03. The lowest BCUT2D eigenvalue weighted by Crippen LogP contribution is -2.27. The summed E-state index contributed by atoms with van der Waals surface area (Å²) in [6.45, 7) is 19.8. The van der Waals surface area contributed by atoms with E-state index in [-0.39, 0.29) is 10.8 Å². The molecule has 2 aliphatic heterocycles. The van der Waals surface area contributed by atoms with Crippen molar-refractivity contribution in [2.45, 2.75) is 65.2 Å². The van der Waals surface area contributed by atoms with Gasteiger partial charge < -0.3 is 38.2 Å². The first-order valence-corrected chi connectivity index (χ1v) is 23.0. The molecular formula is C55H68N3O6+. The molecule has 9 nitrogen and oxygen atoms in total. The first-order valence-electron chi connectivity index (χ1n) is 23.0. The number of likely N-dealkylation sites (N-methyl/N-ethyl adjacent to an activating group) is 1.